The van der Waals surface area contributed by atoms with Crippen molar-refractivity contribution >= 4 is 5.78 Å². The summed E-state index contributed by atoms with van der Waals surface area (Å²) in [4.78, 5) is 10.6. The second kappa shape index (κ2) is 5.76. The molecule has 0 fully saturated rings. The molecular formula is C7H14NO. The Balaban J connectivity index is 2.97. The molecule has 0 aliphatic carbocycles. The van der Waals surface area contributed by atoms with Gasteiger partial charge in [-0.3, -0.25) is 4.79 Å². The number of rotatable bonds is 5. The van der Waals surface area contributed by atoms with Gasteiger partial charge in [-0.05, 0) is 13.5 Å². The monoisotopic (exact) mass is 128 g/mol. The van der Waals surface area contributed by atoms with Gasteiger partial charge in [-0.25, -0.2) is 0 Å². The molecule has 0 saturated carbocycles. The summed E-state index contributed by atoms with van der Waals surface area (Å²) in [5, 5.41) is 2.98. The molecule has 53 valence electrons. The molecule has 0 bridgehead atoms. The number of nitrogens with one attached hydrogen (secondary N) is 1. The number of ketones is 1. The Kier molecular flexibility index (Phi) is 5.52. The largest absolute Gasteiger partial charge is 0.316 e. The first-order chi connectivity index (χ1) is 4.31. The smallest absolute Gasteiger partial charge is 0.133 e. The summed E-state index contributed by atoms with van der Waals surface area (Å²) in [6.45, 7) is 6.95. The minimum Gasteiger partial charge on any atom is -0.316 e. The van der Waals surface area contributed by atoms with Crippen LogP contribution in [-0.4, -0.2) is 18.9 Å². The number of hydrogen-bond donors (Lipinski definition) is 1. The Labute approximate surface area is 56.6 Å². The molecule has 0 aliphatic heterocycles. The molecule has 0 rings (SSSR count). The van der Waals surface area contributed by atoms with Gasteiger partial charge in [0.2, 0.25) is 0 Å². The van der Waals surface area contributed by atoms with Crippen LogP contribution in [0.25, 0.3) is 0 Å². The molecule has 0 amide bonds. The van der Waals surface area contributed by atoms with Gasteiger partial charge in [-0.2, -0.15) is 0 Å². The van der Waals surface area contributed by atoms with E-state index in [1.54, 1.807) is 0 Å². The summed E-state index contributed by atoms with van der Waals surface area (Å²) >= 11 is 0. The topological polar surface area (TPSA) is 29.1 Å². The highest BCUT2D eigenvalue weighted by Gasteiger charge is 1.94. The van der Waals surface area contributed by atoms with Crippen molar-refractivity contribution in [2.45, 2.75) is 19.8 Å². The maximum atomic E-state index is 10.6. The molecule has 0 aromatic carbocycles. The summed E-state index contributed by atoms with van der Waals surface area (Å²) in [5.74, 6) is 0.316. The lowest BCUT2D eigenvalue weighted by Gasteiger charge is -1.97. The highest BCUT2D eigenvalue weighted by Crippen LogP contribution is 1.85. The molecule has 2 nitrogen and oxygen atoms in total. The fourth-order valence-electron chi connectivity index (χ4n) is 0.530. The van der Waals surface area contributed by atoms with Crippen molar-refractivity contribution in [3.63, 3.8) is 0 Å². The van der Waals surface area contributed by atoms with E-state index in [-0.39, 0.29) is 0 Å². The van der Waals surface area contributed by atoms with Gasteiger partial charge in [0.05, 0.1) is 0 Å². The van der Waals surface area contributed by atoms with Gasteiger partial charge in [0.1, 0.15) is 5.78 Å². The van der Waals surface area contributed by atoms with E-state index in [1.807, 2.05) is 6.92 Å². The predicted octanol–water partition coefficient (Wildman–Crippen LogP) is 0.779. The summed E-state index contributed by atoms with van der Waals surface area (Å²) in [6, 6.07) is 0. The first-order valence-corrected chi connectivity index (χ1v) is 3.33. The lowest BCUT2D eigenvalue weighted by Crippen LogP contribution is -2.17. The highest BCUT2D eigenvalue weighted by atomic mass is 16.1. The van der Waals surface area contributed by atoms with Crippen LogP contribution in [0.15, 0.2) is 0 Å². The van der Waals surface area contributed by atoms with Gasteiger partial charge < -0.3 is 5.32 Å². The molecule has 2 heteroatoms. The van der Waals surface area contributed by atoms with Crippen LogP contribution in [0.4, 0.5) is 0 Å². The Morgan fingerprint density at radius 3 is 2.78 bits per heavy atom. The van der Waals surface area contributed by atoms with E-state index in [0.29, 0.717) is 25.2 Å². The van der Waals surface area contributed by atoms with Crippen LogP contribution in [0.5, 0.6) is 0 Å². The quantitative estimate of drug-likeness (QED) is 0.554. The molecule has 1 radical (unpaired) electrons. The third-order valence-corrected chi connectivity index (χ3v) is 1.15. The second-order valence-corrected chi connectivity index (χ2v) is 1.89. The first kappa shape index (κ1) is 8.63. The van der Waals surface area contributed by atoms with E-state index >= 15 is 0 Å². The van der Waals surface area contributed by atoms with Crippen molar-refractivity contribution in [2.24, 2.45) is 0 Å². The Morgan fingerprint density at radius 1 is 1.67 bits per heavy atom. The zero-order valence-corrected chi connectivity index (χ0v) is 5.94. The maximum absolute atomic E-state index is 10.6. The summed E-state index contributed by atoms with van der Waals surface area (Å²) in [5.41, 5.74) is 0. The molecule has 0 spiro atoms. The average molecular weight is 128 g/mol. The van der Waals surface area contributed by atoms with E-state index < -0.39 is 0 Å². The average Bonchev–Trinajstić information content (AvgIpc) is 1.89. The zero-order valence-electron chi connectivity index (χ0n) is 5.94. The Hall–Kier alpha value is -0.370. The standard InChI is InChI=1S/C7H14NO/c1-3-7(9)5-6-8-4-2/h8H,2-6H2,1H3. The molecule has 0 atom stereocenters. The zero-order chi connectivity index (χ0) is 7.11. The normalized spacial score (nSPS) is 9.56. The number of carbonyl (C=O) groups excluding carboxylic acids is 1. The Morgan fingerprint density at radius 2 is 2.33 bits per heavy atom. The van der Waals surface area contributed by atoms with E-state index in [0.717, 1.165) is 6.54 Å². The minimum absolute atomic E-state index is 0.316. The van der Waals surface area contributed by atoms with Crippen LogP contribution in [0, 0.1) is 6.92 Å². The van der Waals surface area contributed by atoms with Crippen LogP contribution < -0.4 is 5.32 Å². The molecular weight excluding hydrogens is 114 g/mol. The first-order valence-electron chi connectivity index (χ1n) is 3.33. The van der Waals surface area contributed by atoms with Gasteiger partial charge in [-0.1, -0.05) is 6.92 Å². The van der Waals surface area contributed by atoms with Crippen LogP contribution in [0.1, 0.15) is 19.8 Å². The van der Waals surface area contributed by atoms with Crippen molar-refractivity contribution < 1.29 is 4.79 Å². The fraction of sp³-hybridized carbons (Fsp3) is 0.714. The van der Waals surface area contributed by atoms with E-state index in [9.17, 15) is 4.79 Å². The van der Waals surface area contributed by atoms with E-state index in [1.165, 1.54) is 0 Å². The van der Waals surface area contributed by atoms with Gasteiger partial charge in [0.25, 0.3) is 0 Å². The molecule has 0 aromatic rings. The molecule has 0 saturated heterocycles. The summed E-state index contributed by atoms with van der Waals surface area (Å²) in [6.07, 6.45) is 1.30. The lowest BCUT2D eigenvalue weighted by atomic mass is 10.2. The van der Waals surface area contributed by atoms with Crippen LogP contribution in [0.3, 0.4) is 0 Å². The lowest BCUT2D eigenvalue weighted by molar-refractivity contribution is -0.118. The predicted molar refractivity (Wildman–Crippen MR) is 38.1 cm³/mol. The molecule has 0 unspecified atom stereocenters. The highest BCUT2D eigenvalue weighted by molar-refractivity contribution is 5.78. The van der Waals surface area contributed by atoms with Crippen molar-refractivity contribution in [3.05, 3.63) is 6.92 Å². The maximum Gasteiger partial charge on any atom is 0.133 e. The van der Waals surface area contributed by atoms with Gasteiger partial charge in [0.15, 0.2) is 0 Å². The third-order valence-electron chi connectivity index (χ3n) is 1.15. The van der Waals surface area contributed by atoms with Crippen molar-refractivity contribution in [1.29, 1.82) is 0 Å². The number of hydrogen-bond acceptors (Lipinski definition) is 2. The SMILES string of the molecule is [CH2]CNCCC(=O)CC. The van der Waals surface area contributed by atoms with E-state index in [4.69, 9.17) is 0 Å². The van der Waals surface area contributed by atoms with Crippen LogP contribution in [-0.2, 0) is 4.79 Å². The van der Waals surface area contributed by atoms with Crippen LogP contribution in [0.2, 0.25) is 0 Å². The summed E-state index contributed by atoms with van der Waals surface area (Å²) in [7, 11) is 0. The summed E-state index contributed by atoms with van der Waals surface area (Å²) < 4.78 is 0. The molecule has 9 heavy (non-hydrogen) atoms. The van der Waals surface area contributed by atoms with Crippen molar-refractivity contribution in [1.82, 2.24) is 5.32 Å². The molecule has 0 aliphatic rings. The Bertz CT molecular complexity index is 81.0. The molecule has 0 heterocycles. The molecule has 1 N–H and O–H groups in total. The van der Waals surface area contributed by atoms with Gasteiger partial charge >= 0.3 is 0 Å². The van der Waals surface area contributed by atoms with Crippen molar-refractivity contribution in [2.75, 3.05) is 13.1 Å². The van der Waals surface area contributed by atoms with Crippen LogP contribution >= 0.6 is 0 Å². The minimum atomic E-state index is 0.316. The van der Waals surface area contributed by atoms with Gasteiger partial charge in [0, 0.05) is 19.4 Å². The van der Waals surface area contributed by atoms with Crippen molar-refractivity contribution in [3.8, 4) is 0 Å². The third kappa shape index (κ3) is 5.50. The number of Topliss-reactive ketones (excluding diaryl/α,β-unsaturated/α-hetero) is 1. The van der Waals surface area contributed by atoms with Gasteiger partial charge in [-0.15, -0.1) is 0 Å². The second-order valence-electron chi connectivity index (χ2n) is 1.89. The molecule has 0 aromatic heterocycles. The van der Waals surface area contributed by atoms with E-state index in [2.05, 4.69) is 12.2 Å². The fourth-order valence-corrected chi connectivity index (χ4v) is 0.530. The number of carbonyl (C=O) groups is 1.